The van der Waals surface area contributed by atoms with Gasteiger partial charge in [-0.1, -0.05) is 30.3 Å². The first-order valence-electron chi connectivity index (χ1n) is 6.94. The van der Waals surface area contributed by atoms with Crippen molar-refractivity contribution in [3.63, 3.8) is 0 Å². The Bertz CT molecular complexity index is 1010. The third-order valence-corrected chi connectivity index (χ3v) is 3.88. The van der Waals surface area contributed by atoms with Crippen molar-refractivity contribution >= 4 is 56.4 Å². The number of nitrogens with one attached hydrogen (secondary N) is 1. The largest absolute Gasteiger partial charge is 0.324 e. The van der Waals surface area contributed by atoms with Crippen LogP contribution in [0.4, 0.5) is 11.6 Å². The Balaban J connectivity index is 1.77. The van der Waals surface area contributed by atoms with Gasteiger partial charge in [0.25, 0.3) is 0 Å². The standard InChI is InChI=1S/C17H10Cl2N4/c18-15-21-16(19)23-17(22-15)20-14-6-5-12-7-10-3-1-2-4-11(10)8-13(12)9-14/h1-9H,(H,20,21,22,23). The molecule has 0 amide bonds. The van der Waals surface area contributed by atoms with E-state index < -0.39 is 0 Å². The van der Waals surface area contributed by atoms with Crippen LogP contribution in [0.15, 0.2) is 54.6 Å². The van der Waals surface area contributed by atoms with E-state index in [1.54, 1.807) is 0 Å². The van der Waals surface area contributed by atoms with Gasteiger partial charge in [-0.05, 0) is 69.0 Å². The van der Waals surface area contributed by atoms with E-state index in [0.29, 0.717) is 5.95 Å². The van der Waals surface area contributed by atoms with Crippen LogP contribution in [0.3, 0.4) is 0 Å². The van der Waals surface area contributed by atoms with Crippen molar-refractivity contribution in [3.05, 3.63) is 65.2 Å². The number of hydrogen-bond donors (Lipinski definition) is 1. The van der Waals surface area contributed by atoms with E-state index in [1.807, 2.05) is 24.3 Å². The van der Waals surface area contributed by atoms with Crippen LogP contribution in [0.5, 0.6) is 0 Å². The number of aromatic nitrogens is 3. The van der Waals surface area contributed by atoms with Crippen LogP contribution >= 0.6 is 23.2 Å². The van der Waals surface area contributed by atoms with E-state index in [0.717, 1.165) is 11.1 Å². The van der Waals surface area contributed by atoms with Crippen molar-refractivity contribution in [3.8, 4) is 0 Å². The second-order valence-corrected chi connectivity index (χ2v) is 5.76. The molecule has 0 aliphatic carbocycles. The van der Waals surface area contributed by atoms with Crippen LogP contribution in [-0.2, 0) is 0 Å². The second-order valence-electron chi connectivity index (χ2n) is 5.08. The number of hydrogen-bond acceptors (Lipinski definition) is 4. The highest BCUT2D eigenvalue weighted by atomic mass is 35.5. The van der Waals surface area contributed by atoms with E-state index >= 15 is 0 Å². The van der Waals surface area contributed by atoms with Gasteiger partial charge in [0.2, 0.25) is 16.5 Å². The molecule has 3 aromatic carbocycles. The van der Waals surface area contributed by atoms with Crippen molar-refractivity contribution in [2.24, 2.45) is 0 Å². The van der Waals surface area contributed by atoms with Gasteiger partial charge < -0.3 is 5.32 Å². The van der Waals surface area contributed by atoms with Crippen molar-refractivity contribution < 1.29 is 0 Å². The van der Waals surface area contributed by atoms with E-state index in [-0.39, 0.29) is 10.6 Å². The molecule has 4 rings (SSSR count). The highest BCUT2D eigenvalue weighted by Crippen LogP contribution is 2.26. The number of nitrogens with zero attached hydrogens (tertiary/aromatic N) is 3. The van der Waals surface area contributed by atoms with Crippen molar-refractivity contribution in [2.45, 2.75) is 0 Å². The first kappa shape index (κ1) is 14.2. The van der Waals surface area contributed by atoms with Gasteiger partial charge in [0.05, 0.1) is 0 Å². The fourth-order valence-corrected chi connectivity index (χ4v) is 2.89. The Morgan fingerprint density at radius 1 is 0.652 bits per heavy atom. The fourth-order valence-electron chi connectivity index (χ4n) is 2.53. The maximum Gasteiger partial charge on any atom is 0.232 e. The predicted octanol–water partition coefficient (Wildman–Crippen LogP) is 5.23. The number of benzene rings is 3. The molecule has 23 heavy (non-hydrogen) atoms. The molecule has 0 aliphatic rings. The summed E-state index contributed by atoms with van der Waals surface area (Å²) < 4.78 is 0. The van der Waals surface area contributed by atoms with E-state index in [2.05, 4.69) is 50.6 Å². The number of halogens is 2. The fraction of sp³-hybridized carbons (Fsp3) is 0. The van der Waals surface area contributed by atoms with E-state index in [9.17, 15) is 0 Å². The Labute approximate surface area is 142 Å². The lowest BCUT2D eigenvalue weighted by Crippen LogP contribution is -1.99. The smallest absolute Gasteiger partial charge is 0.232 e. The molecule has 1 heterocycles. The highest BCUT2D eigenvalue weighted by Gasteiger charge is 2.05. The summed E-state index contributed by atoms with van der Waals surface area (Å²) in [6.07, 6.45) is 0. The Morgan fingerprint density at radius 2 is 1.26 bits per heavy atom. The first-order valence-corrected chi connectivity index (χ1v) is 7.70. The predicted molar refractivity (Wildman–Crippen MR) is 94.6 cm³/mol. The van der Waals surface area contributed by atoms with Gasteiger partial charge in [0.15, 0.2) is 0 Å². The molecule has 0 saturated carbocycles. The molecule has 0 radical (unpaired) electrons. The minimum atomic E-state index is 0.0549. The molecule has 0 fully saturated rings. The van der Waals surface area contributed by atoms with Gasteiger partial charge in [-0.2, -0.15) is 15.0 Å². The van der Waals surface area contributed by atoms with Crippen molar-refractivity contribution in [2.75, 3.05) is 5.32 Å². The zero-order valence-electron chi connectivity index (χ0n) is 11.8. The quantitative estimate of drug-likeness (QED) is 0.507. The molecule has 1 N–H and O–H groups in total. The van der Waals surface area contributed by atoms with Crippen molar-refractivity contribution in [1.29, 1.82) is 0 Å². The van der Waals surface area contributed by atoms with Crippen LogP contribution in [-0.4, -0.2) is 15.0 Å². The normalized spacial score (nSPS) is 11.0. The Kier molecular flexibility index (Phi) is 3.48. The second kappa shape index (κ2) is 5.65. The monoisotopic (exact) mass is 340 g/mol. The van der Waals surface area contributed by atoms with Crippen LogP contribution in [0.1, 0.15) is 0 Å². The molecule has 0 spiro atoms. The van der Waals surface area contributed by atoms with E-state index in [4.69, 9.17) is 23.2 Å². The summed E-state index contributed by atoms with van der Waals surface area (Å²) in [5.41, 5.74) is 0.853. The lowest BCUT2D eigenvalue weighted by Gasteiger charge is -2.07. The highest BCUT2D eigenvalue weighted by molar-refractivity contribution is 6.31. The zero-order valence-corrected chi connectivity index (χ0v) is 13.3. The van der Waals surface area contributed by atoms with Gasteiger partial charge in [0.1, 0.15) is 0 Å². The molecular formula is C17H10Cl2N4. The summed E-state index contributed by atoms with van der Waals surface area (Å²) >= 11 is 11.6. The minimum Gasteiger partial charge on any atom is -0.324 e. The molecule has 0 bridgehead atoms. The molecule has 1 aromatic heterocycles. The maximum atomic E-state index is 5.79. The number of fused-ring (bicyclic) bond motifs is 2. The van der Waals surface area contributed by atoms with Crippen LogP contribution in [0.2, 0.25) is 10.6 Å². The lowest BCUT2D eigenvalue weighted by atomic mass is 10.0. The molecule has 4 nitrogen and oxygen atoms in total. The third kappa shape index (κ3) is 2.91. The summed E-state index contributed by atoms with van der Waals surface area (Å²) in [4.78, 5) is 11.7. The van der Waals surface area contributed by atoms with Gasteiger partial charge >= 0.3 is 0 Å². The zero-order chi connectivity index (χ0) is 15.8. The molecular weight excluding hydrogens is 331 g/mol. The number of anilines is 2. The Morgan fingerprint density at radius 3 is 1.96 bits per heavy atom. The average molecular weight is 341 g/mol. The van der Waals surface area contributed by atoms with E-state index in [1.165, 1.54) is 16.2 Å². The van der Waals surface area contributed by atoms with Crippen molar-refractivity contribution in [1.82, 2.24) is 15.0 Å². The van der Waals surface area contributed by atoms with Gasteiger partial charge in [-0.25, -0.2) is 0 Å². The summed E-state index contributed by atoms with van der Waals surface area (Å²) in [7, 11) is 0. The molecule has 0 aliphatic heterocycles. The molecule has 0 atom stereocenters. The third-order valence-electron chi connectivity index (χ3n) is 3.54. The van der Waals surface area contributed by atoms with Crippen LogP contribution in [0.25, 0.3) is 21.5 Å². The van der Waals surface area contributed by atoms with Crippen LogP contribution in [0, 0.1) is 0 Å². The lowest BCUT2D eigenvalue weighted by molar-refractivity contribution is 1.05. The molecule has 4 aromatic rings. The SMILES string of the molecule is Clc1nc(Cl)nc(Nc2ccc3cc4ccccc4cc3c2)n1. The maximum absolute atomic E-state index is 5.79. The summed E-state index contributed by atoms with van der Waals surface area (Å²) in [5, 5.41) is 7.91. The topological polar surface area (TPSA) is 50.7 Å². The molecule has 6 heteroatoms. The summed E-state index contributed by atoms with van der Waals surface area (Å²) in [6.45, 7) is 0. The number of rotatable bonds is 2. The van der Waals surface area contributed by atoms with Gasteiger partial charge in [-0.15, -0.1) is 0 Å². The summed E-state index contributed by atoms with van der Waals surface area (Å²) in [5.74, 6) is 0.315. The Hall–Kier alpha value is -2.43. The minimum absolute atomic E-state index is 0.0549. The van der Waals surface area contributed by atoms with Gasteiger partial charge in [0, 0.05) is 5.69 Å². The average Bonchev–Trinajstić information content (AvgIpc) is 2.52. The summed E-state index contributed by atoms with van der Waals surface area (Å²) in [6, 6.07) is 18.7. The molecule has 0 saturated heterocycles. The first-order chi connectivity index (χ1) is 11.2. The van der Waals surface area contributed by atoms with Crippen LogP contribution < -0.4 is 5.32 Å². The molecule has 0 unspecified atom stereocenters. The van der Waals surface area contributed by atoms with Gasteiger partial charge in [-0.3, -0.25) is 0 Å². The molecule has 112 valence electrons.